The maximum absolute atomic E-state index is 4.69. The highest BCUT2D eigenvalue weighted by molar-refractivity contribution is 5.42. The van der Waals surface area contributed by atoms with Crippen molar-refractivity contribution in [2.75, 3.05) is 13.1 Å². The molecule has 0 amide bonds. The number of hydrogen-bond donors (Lipinski definition) is 1. The molecule has 4 heteroatoms. The summed E-state index contributed by atoms with van der Waals surface area (Å²) in [6.07, 6.45) is 2.47. The third kappa shape index (κ3) is 1.93. The molecule has 0 saturated carbocycles. The molecule has 90 valence electrons. The van der Waals surface area contributed by atoms with Gasteiger partial charge in [-0.1, -0.05) is 0 Å². The van der Waals surface area contributed by atoms with Crippen molar-refractivity contribution in [3.8, 4) is 0 Å². The molecule has 2 aromatic rings. The van der Waals surface area contributed by atoms with Gasteiger partial charge in [-0.25, -0.2) is 9.50 Å². The summed E-state index contributed by atoms with van der Waals surface area (Å²) in [4.78, 5) is 4.53. The largest absolute Gasteiger partial charge is 0.316 e. The molecule has 1 saturated heterocycles. The molecule has 1 unspecified atom stereocenters. The Morgan fingerprint density at radius 2 is 2.24 bits per heavy atom. The summed E-state index contributed by atoms with van der Waals surface area (Å²) < 4.78 is 1.96. The van der Waals surface area contributed by atoms with Gasteiger partial charge in [0.15, 0.2) is 5.65 Å². The second-order valence-corrected chi connectivity index (χ2v) is 4.92. The van der Waals surface area contributed by atoms with Crippen LogP contribution in [0.5, 0.6) is 0 Å². The highest BCUT2D eigenvalue weighted by Gasteiger charge is 2.18. The number of aryl methyl sites for hydroxylation is 2. The predicted octanol–water partition coefficient (Wildman–Crippen LogP) is 1.81. The summed E-state index contributed by atoms with van der Waals surface area (Å²) in [5.74, 6) is 0.546. The molecule has 1 fully saturated rings. The Labute approximate surface area is 101 Å². The van der Waals surface area contributed by atoms with Crippen LogP contribution in [0.2, 0.25) is 0 Å². The zero-order valence-corrected chi connectivity index (χ0v) is 10.4. The molecule has 1 atom stereocenters. The lowest BCUT2D eigenvalue weighted by molar-refractivity contribution is 0.453. The van der Waals surface area contributed by atoms with E-state index in [4.69, 9.17) is 5.10 Å². The van der Waals surface area contributed by atoms with E-state index in [2.05, 4.69) is 29.4 Å². The third-order valence-electron chi connectivity index (χ3n) is 3.47. The highest BCUT2D eigenvalue weighted by Crippen LogP contribution is 2.23. The van der Waals surface area contributed by atoms with Crippen molar-refractivity contribution in [1.82, 2.24) is 19.9 Å². The van der Waals surface area contributed by atoms with Crippen molar-refractivity contribution in [3.63, 3.8) is 0 Å². The first-order valence-corrected chi connectivity index (χ1v) is 6.29. The molecule has 2 aromatic heterocycles. The normalized spacial score (nSPS) is 20.9. The van der Waals surface area contributed by atoms with Gasteiger partial charge in [0.05, 0.1) is 5.69 Å². The minimum atomic E-state index is 0.546. The number of aromatic nitrogens is 3. The summed E-state index contributed by atoms with van der Waals surface area (Å²) in [6, 6.07) is 4.21. The molecule has 0 aromatic carbocycles. The van der Waals surface area contributed by atoms with Gasteiger partial charge in [-0.2, -0.15) is 5.10 Å². The first-order valence-electron chi connectivity index (χ1n) is 6.29. The molecule has 17 heavy (non-hydrogen) atoms. The Morgan fingerprint density at radius 3 is 3.00 bits per heavy atom. The average molecular weight is 230 g/mol. The molecule has 1 N–H and O–H groups in total. The lowest BCUT2D eigenvalue weighted by Gasteiger charge is -2.20. The maximum atomic E-state index is 4.69. The molecule has 0 aliphatic carbocycles. The van der Waals surface area contributed by atoms with Crippen molar-refractivity contribution in [1.29, 1.82) is 0 Å². The second-order valence-electron chi connectivity index (χ2n) is 4.92. The quantitative estimate of drug-likeness (QED) is 0.812. The Morgan fingerprint density at radius 1 is 1.35 bits per heavy atom. The standard InChI is InChI=1S/C13H18N4/c1-9-6-10(2)17-13(15-9)7-12(16-17)11-4-3-5-14-8-11/h6-7,11,14H,3-5,8H2,1-2H3. The van der Waals surface area contributed by atoms with E-state index in [1.54, 1.807) is 0 Å². The topological polar surface area (TPSA) is 42.2 Å². The minimum Gasteiger partial charge on any atom is -0.316 e. The van der Waals surface area contributed by atoms with Gasteiger partial charge < -0.3 is 5.32 Å². The number of piperidine rings is 1. The molecule has 1 aliphatic heterocycles. The summed E-state index contributed by atoms with van der Waals surface area (Å²) >= 11 is 0. The third-order valence-corrected chi connectivity index (χ3v) is 3.47. The van der Waals surface area contributed by atoms with Crippen molar-refractivity contribution in [2.45, 2.75) is 32.6 Å². The lowest BCUT2D eigenvalue weighted by atomic mass is 9.96. The Kier molecular flexibility index (Phi) is 2.59. The summed E-state index contributed by atoms with van der Waals surface area (Å²) in [7, 11) is 0. The maximum Gasteiger partial charge on any atom is 0.155 e. The number of fused-ring (bicyclic) bond motifs is 1. The van der Waals surface area contributed by atoms with Crippen LogP contribution in [-0.2, 0) is 0 Å². The fourth-order valence-corrected chi connectivity index (χ4v) is 2.61. The smallest absolute Gasteiger partial charge is 0.155 e. The highest BCUT2D eigenvalue weighted by atomic mass is 15.3. The van der Waals surface area contributed by atoms with Crippen LogP contribution in [0.3, 0.4) is 0 Å². The van der Waals surface area contributed by atoms with E-state index in [-0.39, 0.29) is 0 Å². The van der Waals surface area contributed by atoms with Crippen LogP contribution in [0.4, 0.5) is 0 Å². The molecule has 4 nitrogen and oxygen atoms in total. The van der Waals surface area contributed by atoms with E-state index in [1.165, 1.54) is 18.5 Å². The Bertz CT molecular complexity index is 538. The Hall–Kier alpha value is -1.42. The van der Waals surface area contributed by atoms with Crippen LogP contribution in [0.15, 0.2) is 12.1 Å². The molecule has 0 spiro atoms. The van der Waals surface area contributed by atoms with Crippen LogP contribution >= 0.6 is 0 Å². The SMILES string of the molecule is Cc1cc(C)n2nc(C3CCCNC3)cc2n1. The van der Waals surface area contributed by atoms with Gasteiger partial charge in [-0.3, -0.25) is 0 Å². The van der Waals surface area contributed by atoms with E-state index in [0.717, 1.165) is 30.1 Å². The van der Waals surface area contributed by atoms with E-state index >= 15 is 0 Å². The van der Waals surface area contributed by atoms with Gasteiger partial charge >= 0.3 is 0 Å². The van der Waals surface area contributed by atoms with Crippen LogP contribution in [0.25, 0.3) is 5.65 Å². The molecule has 1 aliphatic rings. The molecule has 0 radical (unpaired) electrons. The zero-order chi connectivity index (χ0) is 11.8. The monoisotopic (exact) mass is 230 g/mol. The number of nitrogens with one attached hydrogen (secondary N) is 1. The number of rotatable bonds is 1. The zero-order valence-electron chi connectivity index (χ0n) is 10.4. The molecular weight excluding hydrogens is 212 g/mol. The van der Waals surface area contributed by atoms with E-state index in [0.29, 0.717) is 5.92 Å². The van der Waals surface area contributed by atoms with Crippen molar-refractivity contribution in [3.05, 3.63) is 29.2 Å². The van der Waals surface area contributed by atoms with Crippen LogP contribution in [-0.4, -0.2) is 27.7 Å². The van der Waals surface area contributed by atoms with Crippen molar-refractivity contribution in [2.24, 2.45) is 0 Å². The molecule has 3 heterocycles. The number of hydrogen-bond acceptors (Lipinski definition) is 3. The van der Waals surface area contributed by atoms with E-state index in [1.807, 2.05) is 11.4 Å². The molecule has 3 rings (SSSR count). The first-order chi connectivity index (χ1) is 8.24. The molecule has 0 bridgehead atoms. The minimum absolute atomic E-state index is 0.546. The predicted molar refractivity (Wildman–Crippen MR) is 67.3 cm³/mol. The summed E-state index contributed by atoms with van der Waals surface area (Å²) in [6.45, 7) is 6.29. The lowest BCUT2D eigenvalue weighted by Crippen LogP contribution is -2.28. The van der Waals surface area contributed by atoms with Crippen LogP contribution in [0.1, 0.15) is 35.8 Å². The van der Waals surface area contributed by atoms with E-state index < -0.39 is 0 Å². The molecular formula is C13H18N4. The van der Waals surface area contributed by atoms with Gasteiger partial charge in [0.25, 0.3) is 0 Å². The van der Waals surface area contributed by atoms with Crippen LogP contribution < -0.4 is 5.32 Å². The fourth-order valence-electron chi connectivity index (χ4n) is 2.61. The second kappa shape index (κ2) is 4.11. The van der Waals surface area contributed by atoms with Gasteiger partial charge in [-0.15, -0.1) is 0 Å². The first kappa shape index (κ1) is 10.7. The number of nitrogens with zero attached hydrogens (tertiary/aromatic N) is 3. The summed E-state index contributed by atoms with van der Waals surface area (Å²) in [5, 5.41) is 8.13. The van der Waals surface area contributed by atoms with Gasteiger partial charge in [0.2, 0.25) is 0 Å². The van der Waals surface area contributed by atoms with Crippen LogP contribution in [0, 0.1) is 13.8 Å². The van der Waals surface area contributed by atoms with Gasteiger partial charge in [0, 0.05) is 29.9 Å². The van der Waals surface area contributed by atoms with E-state index in [9.17, 15) is 0 Å². The van der Waals surface area contributed by atoms with Crippen molar-refractivity contribution >= 4 is 5.65 Å². The summed E-state index contributed by atoms with van der Waals surface area (Å²) in [5.41, 5.74) is 4.37. The van der Waals surface area contributed by atoms with Crippen molar-refractivity contribution < 1.29 is 0 Å². The average Bonchev–Trinajstić information content (AvgIpc) is 2.74. The van der Waals surface area contributed by atoms with Gasteiger partial charge in [-0.05, 0) is 39.3 Å². The fraction of sp³-hybridized carbons (Fsp3) is 0.538. The Balaban J connectivity index is 2.03. The van der Waals surface area contributed by atoms with Gasteiger partial charge in [0.1, 0.15) is 0 Å².